The highest BCUT2D eigenvalue weighted by Crippen LogP contribution is 2.26. The summed E-state index contributed by atoms with van der Waals surface area (Å²) >= 11 is 0. The zero-order chi connectivity index (χ0) is 14.3. The third kappa shape index (κ3) is 1.87. The van der Waals surface area contributed by atoms with Crippen molar-refractivity contribution in [2.24, 2.45) is 0 Å². The van der Waals surface area contributed by atoms with E-state index in [-0.39, 0.29) is 17.0 Å². The molecule has 0 bridgehead atoms. The Kier molecular flexibility index (Phi) is 2.82. The molecule has 0 saturated heterocycles. The van der Waals surface area contributed by atoms with Gasteiger partial charge in [-0.15, -0.1) is 0 Å². The number of fused-ring (bicyclic) bond motifs is 1. The van der Waals surface area contributed by atoms with Gasteiger partial charge in [0.25, 0.3) is 5.56 Å². The van der Waals surface area contributed by atoms with E-state index in [4.69, 9.17) is 0 Å². The van der Waals surface area contributed by atoms with Gasteiger partial charge in [-0.1, -0.05) is 36.8 Å². The molecule has 3 aromatic rings. The summed E-state index contributed by atoms with van der Waals surface area (Å²) in [7, 11) is 0. The normalized spacial score (nSPS) is 11.1. The third-order valence-electron chi connectivity index (χ3n) is 3.32. The van der Waals surface area contributed by atoms with Crippen molar-refractivity contribution in [1.29, 1.82) is 0 Å². The van der Waals surface area contributed by atoms with Gasteiger partial charge in [0.05, 0.1) is 5.69 Å². The number of nitrogens with zero attached hydrogens (tertiary/aromatic N) is 2. The van der Waals surface area contributed by atoms with Crippen LogP contribution < -0.4 is 5.56 Å². The summed E-state index contributed by atoms with van der Waals surface area (Å²) in [5.41, 5.74) is 2.95. The molecule has 2 N–H and O–H groups in total. The smallest absolute Gasteiger partial charge is 0.262 e. The molecule has 0 aliphatic heterocycles. The van der Waals surface area contributed by atoms with Crippen LogP contribution >= 0.6 is 0 Å². The number of hydrogen-bond donors (Lipinski definition) is 2. The monoisotopic (exact) mass is 269 g/mol. The first kappa shape index (κ1) is 12.5. The number of rotatable bonds is 2. The van der Waals surface area contributed by atoms with Crippen molar-refractivity contribution >= 4 is 5.65 Å². The minimum Gasteiger partial charge on any atom is -0.493 e. The van der Waals surface area contributed by atoms with Gasteiger partial charge in [-0.05, 0) is 18.9 Å². The van der Waals surface area contributed by atoms with E-state index in [1.54, 1.807) is 12.1 Å². The number of benzene rings is 1. The Bertz CT molecular complexity index is 846. The lowest BCUT2D eigenvalue weighted by Crippen LogP contribution is -2.12. The van der Waals surface area contributed by atoms with Gasteiger partial charge in [0, 0.05) is 6.07 Å². The van der Waals surface area contributed by atoms with E-state index in [0.717, 1.165) is 17.7 Å². The molecule has 2 aromatic heterocycles. The summed E-state index contributed by atoms with van der Waals surface area (Å²) in [5, 5.41) is 14.6. The molecule has 0 unspecified atom stereocenters. The van der Waals surface area contributed by atoms with Gasteiger partial charge in [0.2, 0.25) is 5.88 Å². The number of aromatic amines is 1. The average molecular weight is 269 g/mol. The van der Waals surface area contributed by atoms with Crippen LogP contribution in [0, 0.1) is 6.92 Å². The van der Waals surface area contributed by atoms with Crippen LogP contribution in [0.2, 0.25) is 0 Å². The molecule has 0 aliphatic carbocycles. The van der Waals surface area contributed by atoms with Crippen LogP contribution in [0.5, 0.6) is 5.88 Å². The van der Waals surface area contributed by atoms with Crippen molar-refractivity contribution in [3.8, 4) is 17.0 Å². The Morgan fingerprint density at radius 2 is 2.15 bits per heavy atom. The zero-order valence-corrected chi connectivity index (χ0v) is 11.3. The topological polar surface area (TPSA) is 70.4 Å². The Balaban J connectivity index is 2.33. The highest BCUT2D eigenvalue weighted by atomic mass is 16.3. The predicted octanol–water partition coefficient (Wildman–Crippen LogP) is 2.27. The minimum atomic E-state index is -0.317. The van der Waals surface area contributed by atoms with E-state index in [0.29, 0.717) is 11.2 Å². The van der Waals surface area contributed by atoms with Crippen LogP contribution in [0.15, 0.2) is 35.1 Å². The average Bonchev–Trinajstić information content (AvgIpc) is 2.82. The quantitative estimate of drug-likeness (QED) is 0.749. The summed E-state index contributed by atoms with van der Waals surface area (Å²) in [6.45, 7) is 3.91. The first-order valence-electron chi connectivity index (χ1n) is 6.51. The lowest BCUT2D eigenvalue weighted by Gasteiger charge is -2.06. The second-order valence-electron chi connectivity index (χ2n) is 4.81. The molecular formula is C15H15N3O2. The molecule has 0 saturated carbocycles. The molecule has 0 fully saturated rings. The first-order valence-corrected chi connectivity index (χ1v) is 6.51. The summed E-state index contributed by atoms with van der Waals surface area (Å²) in [5.74, 6) is -0.131. The number of hydrogen-bond acceptors (Lipinski definition) is 3. The Morgan fingerprint density at radius 3 is 2.85 bits per heavy atom. The highest BCUT2D eigenvalue weighted by Gasteiger charge is 2.15. The molecule has 0 spiro atoms. The fourth-order valence-electron chi connectivity index (χ4n) is 2.30. The fourth-order valence-corrected chi connectivity index (χ4v) is 2.30. The van der Waals surface area contributed by atoms with Crippen molar-refractivity contribution in [2.75, 3.05) is 0 Å². The molecular weight excluding hydrogens is 254 g/mol. The number of H-pyrrole nitrogens is 1. The van der Waals surface area contributed by atoms with Crippen LogP contribution in [0.3, 0.4) is 0 Å². The molecule has 1 aromatic carbocycles. The van der Waals surface area contributed by atoms with Gasteiger partial charge in [0.15, 0.2) is 0 Å². The second kappa shape index (κ2) is 4.52. The summed E-state index contributed by atoms with van der Waals surface area (Å²) in [6, 6.07) is 9.22. The lowest BCUT2D eigenvalue weighted by molar-refractivity contribution is 0.436. The largest absolute Gasteiger partial charge is 0.493 e. The van der Waals surface area contributed by atoms with Crippen molar-refractivity contribution < 1.29 is 5.11 Å². The maximum atomic E-state index is 12.2. The van der Waals surface area contributed by atoms with Crippen LogP contribution in [0.4, 0.5) is 0 Å². The Morgan fingerprint density at radius 1 is 1.35 bits per heavy atom. The van der Waals surface area contributed by atoms with E-state index in [9.17, 15) is 9.90 Å². The molecule has 5 heteroatoms. The van der Waals surface area contributed by atoms with Gasteiger partial charge in [0.1, 0.15) is 11.2 Å². The number of aromatic hydroxyl groups is 1. The van der Waals surface area contributed by atoms with Crippen LogP contribution in [-0.2, 0) is 6.42 Å². The zero-order valence-electron chi connectivity index (χ0n) is 11.3. The Hall–Kier alpha value is -2.56. The van der Waals surface area contributed by atoms with E-state index in [2.05, 4.69) is 10.1 Å². The maximum absolute atomic E-state index is 12.2. The molecule has 2 heterocycles. The van der Waals surface area contributed by atoms with E-state index >= 15 is 0 Å². The minimum absolute atomic E-state index is 0.131. The van der Waals surface area contributed by atoms with Crippen molar-refractivity contribution in [1.82, 2.24) is 14.6 Å². The molecule has 0 atom stereocenters. The van der Waals surface area contributed by atoms with E-state index < -0.39 is 0 Å². The van der Waals surface area contributed by atoms with Gasteiger partial charge in [-0.3, -0.25) is 4.79 Å². The fraction of sp³-hybridized carbons (Fsp3) is 0.200. The highest BCUT2D eigenvalue weighted by molar-refractivity contribution is 5.69. The SMILES string of the molecule is CCc1cc2[nH]c(=O)c(-c3cccc(C)c3)c(O)n2n1. The molecule has 0 aliphatic rings. The summed E-state index contributed by atoms with van der Waals surface area (Å²) < 4.78 is 1.37. The standard InChI is InChI=1S/C15H15N3O2/c1-3-11-8-12-16-14(19)13(15(20)18(12)17-11)10-6-4-5-9(2)7-10/h4-8,20H,3H2,1-2H3,(H,16,19). The van der Waals surface area contributed by atoms with Crippen LogP contribution in [0.25, 0.3) is 16.8 Å². The summed E-state index contributed by atoms with van der Waals surface area (Å²) in [4.78, 5) is 15.0. The lowest BCUT2D eigenvalue weighted by atomic mass is 10.1. The Labute approximate surface area is 115 Å². The maximum Gasteiger partial charge on any atom is 0.262 e. The van der Waals surface area contributed by atoms with Gasteiger partial charge >= 0.3 is 0 Å². The molecule has 0 amide bonds. The van der Waals surface area contributed by atoms with Gasteiger partial charge in [-0.25, -0.2) is 0 Å². The van der Waals surface area contributed by atoms with Crippen LogP contribution in [0.1, 0.15) is 18.2 Å². The van der Waals surface area contributed by atoms with Gasteiger partial charge < -0.3 is 10.1 Å². The molecule has 102 valence electrons. The molecule has 5 nitrogen and oxygen atoms in total. The number of nitrogens with one attached hydrogen (secondary N) is 1. The van der Waals surface area contributed by atoms with Crippen molar-refractivity contribution in [3.05, 3.63) is 51.9 Å². The number of aromatic nitrogens is 3. The second-order valence-corrected chi connectivity index (χ2v) is 4.81. The molecule has 3 rings (SSSR count). The van der Waals surface area contributed by atoms with E-state index in [1.165, 1.54) is 4.52 Å². The predicted molar refractivity (Wildman–Crippen MR) is 77.0 cm³/mol. The van der Waals surface area contributed by atoms with Gasteiger partial charge in [-0.2, -0.15) is 9.61 Å². The summed E-state index contributed by atoms with van der Waals surface area (Å²) in [6.07, 6.45) is 0.739. The number of aryl methyl sites for hydroxylation is 2. The van der Waals surface area contributed by atoms with Crippen molar-refractivity contribution in [2.45, 2.75) is 20.3 Å². The van der Waals surface area contributed by atoms with Crippen molar-refractivity contribution in [3.63, 3.8) is 0 Å². The molecule has 20 heavy (non-hydrogen) atoms. The first-order chi connectivity index (χ1) is 9.60. The molecule has 0 radical (unpaired) electrons. The third-order valence-corrected chi connectivity index (χ3v) is 3.32. The van der Waals surface area contributed by atoms with Crippen LogP contribution in [-0.4, -0.2) is 19.7 Å². The van der Waals surface area contributed by atoms with E-state index in [1.807, 2.05) is 32.0 Å².